The molecule has 0 unspecified atom stereocenters. The summed E-state index contributed by atoms with van der Waals surface area (Å²) in [7, 11) is 0. The van der Waals surface area contributed by atoms with Crippen molar-refractivity contribution >= 4 is 80.9 Å². The minimum Gasteiger partial charge on any atom is -0.310 e. The molecule has 0 N–H and O–H groups in total. The van der Waals surface area contributed by atoms with Crippen molar-refractivity contribution in [2.75, 3.05) is 4.90 Å². The molecule has 0 aliphatic carbocycles. The summed E-state index contributed by atoms with van der Waals surface area (Å²) < 4.78 is 2.60. The van der Waals surface area contributed by atoms with Crippen molar-refractivity contribution in [3.05, 3.63) is 212 Å². The summed E-state index contributed by atoms with van der Waals surface area (Å²) in [5, 5.41) is 9.99. The molecule has 11 rings (SSSR count). The summed E-state index contributed by atoms with van der Waals surface area (Å²) in [5.41, 5.74) is 10.6. The van der Waals surface area contributed by atoms with Crippen LogP contribution in [0.25, 0.3) is 85.9 Å². The average Bonchev–Trinajstić information content (AvgIpc) is 3.62. The van der Waals surface area contributed by atoms with E-state index in [1.54, 1.807) is 0 Å². The van der Waals surface area contributed by atoms with Gasteiger partial charge in [0.2, 0.25) is 0 Å². The van der Waals surface area contributed by atoms with Crippen LogP contribution in [0.2, 0.25) is 0 Å². The summed E-state index contributed by atoms with van der Waals surface area (Å²) in [6.07, 6.45) is 0. The van der Waals surface area contributed by atoms with Crippen LogP contribution in [0, 0.1) is 0 Å². The van der Waals surface area contributed by atoms with Gasteiger partial charge < -0.3 is 4.90 Å². The average molecular weight is 730 g/mol. The summed E-state index contributed by atoms with van der Waals surface area (Å²) in [4.78, 5) is 2.47. The minimum absolute atomic E-state index is 1.11. The Morgan fingerprint density at radius 3 is 1.52 bits per heavy atom. The number of hydrogen-bond acceptors (Lipinski definition) is 2. The highest BCUT2D eigenvalue weighted by Crippen LogP contribution is 2.46. The molecular formula is C54H35NS. The SMILES string of the molecule is c1ccc(-c2cccc(N(c3ccc4sc5cc6ccccc6cc5c4c3)c3cc4ccccc4cc3-c3ccc4cc(-c5ccccc5)ccc4c3)c2)cc1. The number of thiophene rings is 1. The Hall–Kier alpha value is -7.00. The molecule has 1 heterocycles. The van der Waals surface area contributed by atoms with Crippen molar-refractivity contribution in [3.63, 3.8) is 0 Å². The van der Waals surface area contributed by atoms with Gasteiger partial charge in [-0.15, -0.1) is 11.3 Å². The quantitative estimate of drug-likeness (QED) is 0.165. The second-order valence-corrected chi connectivity index (χ2v) is 15.7. The van der Waals surface area contributed by atoms with Crippen LogP contribution in [0.4, 0.5) is 17.1 Å². The number of benzene rings is 10. The zero-order valence-electron chi connectivity index (χ0n) is 30.6. The number of rotatable bonds is 6. The van der Waals surface area contributed by atoms with Crippen LogP contribution >= 0.6 is 11.3 Å². The summed E-state index contributed by atoms with van der Waals surface area (Å²) >= 11 is 1.87. The van der Waals surface area contributed by atoms with E-state index >= 15 is 0 Å². The monoisotopic (exact) mass is 729 g/mol. The van der Waals surface area contributed by atoms with Gasteiger partial charge in [0, 0.05) is 37.1 Å². The summed E-state index contributed by atoms with van der Waals surface area (Å²) in [6, 6.07) is 78.0. The van der Waals surface area contributed by atoms with Gasteiger partial charge in [-0.2, -0.15) is 0 Å². The molecule has 0 aliphatic rings. The van der Waals surface area contributed by atoms with Crippen LogP contribution in [-0.4, -0.2) is 0 Å². The first kappa shape index (κ1) is 32.4. The maximum atomic E-state index is 2.47. The van der Waals surface area contributed by atoms with Crippen molar-refractivity contribution in [3.8, 4) is 33.4 Å². The van der Waals surface area contributed by atoms with E-state index in [0.717, 1.165) is 17.1 Å². The third kappa shape index (κ3) is 5.71. The first-order chi connectivity index (χ1) is 27.7. The molecule has 0 atom stereocenters. The van der Waals surface area contributed by atoms with Gasteiger partial charge in [-0.05, 0) is 127 Å². The molecule has 0 bridgehead atoms. The predicted octanol–water partition coefficient (Wildman–Crippen LogP) is 16.0. The summed E-state index contributed by atoms with van der Waals surface area (Å²) in [5.74, 6) is 0. The van der Waals surface area contributed by atoms with Gasteiger partial charge in [-0.25, -0.2) is 0 Å². The van der Waals surface area contributed by atoms with Gasteiger partial charge >= 0.3 is 0 Å². The Morgan fingerprint density at radius 2 is 0.804 bits per heavy atom. The lowest BCUT2D eigenvalue weighted by atomic mass is 9.94. The van der Waals surface area contributed by atoms with Gasteiger partial charge in [0.15, 0.2) is 0 Å². The molecule has 10 aromatic carbocycles. The van der Waals surface area contributed by atoms with Gasteiger partial charge in [0.25, 0.3) is 0 Å². The highest BCUT2D eigenvalue weighted by atomic mass is 32.1. The molecule has 262 valence electrons. The maximum absolute atomic E-state index is 2.47. The van der Waals surface area contributed by atoms with E-state index in [1.165, 1.54) is 85.9 Å². The Balaban J connectivity index is 1.15. The molecule has 0 spiro atoms. The van der Waals surface area contributed by atoms with E-state index in [9.17, 15) is 0 Å². The zero-order valence-corrected chi connectivity index (χ0v) is 31.4. The largest absolute Gasteiger partial charge is 0.310 e. The first-order valence-electron chi connectivity index (χ1n) is 19.2. The van der Waals surface area contributed by atoms with Crippen molar-refractivity contribution in [2.45, 2.75) is 0 Å². The second kappa shape index (κ2) is 13.4. The van der Waals surface area contributed by atoms with Gasteiger partial charge in [-0.1, -0.05) is 146 Å². The lowest BCUT2D eigenvalue weighted by Gasteiger charge is -2.29. The fourth-order valence-corrected chi connectivity index (χ4v) is 9.46. The Bertz CT molecular complexity index is 3250. The Labute approximate surface area is 330 Å². The second-order valence-electron chi connectivity index (χ2n) is 14.6. The molecule has 2 heteroatoms. The molecule has 1 nitrogen and oxygen atoms in total. The molecule has 0 amide bonds. The molecule has 0 aliphatic heterocycles. The standard InChI is InChI=1S/C54H35NS/c1-3-12-36(13-4-1)38-20-11-21-47(30-38)55(48-26-27-53-51(35-48)50-32-40-17-8-10-19-42(40)34-54(50)56-53)52-33-41-18-9-7-16-39(41)31-49(52)46-25-24-44-28-43(22-23-45(44)29-46)37-14-5-2-6-15-37/h1-35H. The topological polar surface area (TPSA) is 3.24 Å². The van der Waals surface area contributed by atoms with Gasteiger partial charge in [0.05, 0.1) is 5.69 Å². The highest BCUT2D eigenvalue weighted by Gasteiger charge is 2.21. The smallest absolute Gasteiger partial charge is 0.0546 e. The van der Waals surface area contributed by atoms with Crippen LogP contribution in [0.3, 0.4) is 0 Å². The zero-order chi connectivity index (χ0) is 37.0. The molecule has 1 aromatic heterocycles. The molecule has 56 heavy (non-hydrogen) atoms. The molecule has 11 aromatic rings. The fourth-order valence-electron chi connectivity index (χ4n) is 8.34. The third-order valence-corrected chi connectivity index (χ3v) is 12.3. The van der Waals surface area contributed by atoms with Crippen LogP contribution in [0.1, 0.15) is 0 Å². The molecule has 0 saturated heterocycles. The van der Waals surface area contributed by atoms with Crippen LogP contribution in [0.5, 0.6) is 0 Å². The normalized spacial score (nSPS) is 11.6. The predicted molar refractivity (Wildman–Crippen MR) is 243 cm³/mol. The molecular weight excluding hydrogens is 695 g/mol. The Kier molecular flexibility index (Phi) is 7.75. The fraction of sp³-hybridized carbons (Fsp3) is 0. The first-order valence-corrected chi connectivity index (χ1v) is 20.0. The highest BCUT2D eigenvalue weighted by molar-refractivity contribution is 7.25. The van der Waals surface area contributed by atoms with E-state index in [2.05, 4.69) is 217 Å². The maximum Gasteiger partial charge on any atom is 0.0546 e. The van der Waals surface area contributed by atoms with Crippen molar-refractivity contribution in [1.29, 1.82) is 0 Å². The van der Waals surface area contributed by atoms with Gasteiger partial charge in [0.1, 0.15) is 0 Å². The lowest BCUT2D eigenvalue weighted by Crippen LogP contribution is -2.11. The van der Waals surface area contributed by atoms with E-state index < -0.39 is 0 Å². The third-order valence-electron chi connectivity index (χ3n) is 11.2. The van der Waals surface area contributed by atoms with E-state index in [1.807, 2.05) is 11.3 Å². The molecule has 0 saturated carbocycles. The summed E-state index contributed by atoms with van der Waals surface area (Å²) in [6.45, 7) is 0. The number of anilines is 3. The van der Waals surface area contributed by atoms with Crippen molar-refractivity contribution < 1.29 is 0 Å². The minimum atomic E-state index is 1.11. The number of hydrogen-bond donors (Lipinski definition) is 0. The van der Waals surface area contributed by atoms with Crippen LogP contribution in [-0.2, 0) is 0 Å². The van der Waals surface area contributed by atoms with Crippen LogP contribution < -0.4 is 4.90 Å². The van der Waals surface area contributed by atoms with Gasteiger partial charge in [-0.3, -0.25) is 0 Å². The van der Waals surface area contributed by atoms with Crippen LogP contribution in [0.15, 0.2) is 212 Å². The molecule has 0 fully saturated rings. The van der Waals surface area contributed by atoms with Crippen molar-refractivity contribution in [1.82, 2.24) is 0 Å². The number of nitrogens with zero attached hydrogens (tertiary/aromatic N) is 1. The van der Waals surface area contributed by atoms with E-state index in [0.29, 0.717) is 0 Å². The Morgan fingerprint density at radius 1 is 0.286 bits per heavy atom. The lowest BCUT2D eigenvalue weighted by molar-refractivity contribution is 1.30. The molecule has 0 radical (unpaired) electrons. The van der Waals surface area contributed by atoms with E-state index in [4.69, 9.17) is 0 Å². The van der Waals surface area contributed by atoms with E-state index in [-0.39, 0.29) is 0 Å². The van der Waals surface area contributed by atoms with Crippen molar-refractivity contribution in [2.24, 2.45) is 0 Å². The number of fused-ring (bicyclic) bond motifs is 6.